The van der Waals surface area contributed by atoms with Crippen LogP contribution in [0.4, 0.5) is 0 Å². The summed E-state index contributed by atoms with van der Waals surface area (Å²) in [6.45, 7) is 9.47. The van der Waals surface area contributed by atoms with E-state index in [4.69, 9.17) is 5.73 Å². The van der Waals surface area contributed by atoms with Crippen molar-refractivity contribution in [2.75, 3.05) is 0 Å². The van der Waals surface area contributed by atoms with Crippen molar-refractivity contribution in [1.82, 2.24) is 0 Å². The van der Waals surface area contributed by atoms with Crippen LogP contribution in [0.25, 0.3) is 11.8 Å². The molecule has 0 aliphatic carbocycles. The second-order valence-electron chi connectivity index (χ2n) is 2.77. The Morgan fingerprint density at radius 2 is 2.17 bits per heavy atom. The number of benzene rings is 1. The van der Waals surface area contributed by atoms with E-state index in [1.807, 2.05) is 31.2 Å². The monoisotopic (exact) mass is 159 g/mol. The first-order valence-corrected chi connectivity index (χ1v) is 3.83. The highest BCUT2D eigenvalue weighted by molar-refractivity contribution is 5.72. The van der Waals surface area contributed by atoms with Crippen LogP contribution in [-0.2, 0) is 0 Å². The Bertz CT molecular complexity index is 324. The molecule has 0 aliphatic heterocycles. The van der Waals surface area contributed by atoms with Crippen LogP contribution in [0.5, 0.6) is 0 Å². The predicted octanol–water partition coefficient (Wildman–Crippen LogP) is 2.57. The van der Waals surface area contributed by atoms with Gasteiger partial charge in [-0.25, -0.2) is 0 Å². The molecule has 0 heterocycles. The van der Waals surface area contributed by atoms with E-state index in [1.165, 1.54) is 5.56 Å². The minimum Gasteiger partial charge on any atom is -0.399 e. The number of hydrogen-bond acceptors (Lipinski definition) is 1. The molecule has 12 heavy (non-hydrogen) atoms. The van der Waals surface area contributed by atoms with Crippen molar-refractivity contribution in [1.29, 1.82) is 0 Å². The van der Waals surface area contributed by atoms with Crippen molar-refractivity contribution < 1.29 is 0 Å². The lowest BCUT2D eigenvalue weighted by Crippen LogP contribution is -1.97. The molecule has 0 aliphatic rings. The molecule has 1 aromatic rings. The average molecular weight is 159 g/mol. The zero-order chi connectivity index (χ0) is 9.14. The Morgan fingerprint density at radius 1 is 1.50 bits per heavy atom. The van der Waals surface area contributed by atoms with Crippen LogP contribution in [0.2, 0.25) is 0 Å². The number of rotatable bonds is 2. The predicted molar refractivity (Wildman–Crippen MR) is 54.5 cm³/mol. The average Bonchev–Trinajstić information content (AvgIpc) is 2.03. The van der Waals surface area contributed by atoms with Crippen molar-refractivity contribution in [2.24, 2.45) is 5.73 Å². The molecule has 62 valence electrons. The quantitative estimate of drug-likeness (QED) is 0.705. The fourth-order valence-electron chi connectivity index (χ4n) is 1.23. The van der Waals surface area contributed by atoms with E-state index in [2.05, 4.69) is 13.2 Å². The van der Waals surface area contributed by atoms with Gasteiger partial charge in [0, 0.05) is 11.3 Å². The number of hydrogen-bond donors (Lipinski definition) is 1. The molecule has 0 unspecified atom stereocenters. The summed E-state index contributed by atoms with van der Waals surface area (Å²) in [7, 11) is 0. The summed E-state index contributed by atoms with van der Waals surface area (Å²) in [6.07, 6.45) is 1.81. The standard InChI is InChI=1S/C11H13N/c1-4-10-8(2)6-5-7-11(10)9(3)12/h4-7H,1,3,12H2,2H3. The molecular formula is C11H13N. The van der Waals surface area contributed by atoms with Gasteiger partial charge in [-0.3, -0.25) is 0 Å². The van der Waals surface area contributed by atoms with Gasteiger partial charge in [-0.15, -0.1) is 0 Å². The Kier molecular flexibility index (Phi) is 2.34. The summed E-state index contributed by atoms with van der Waals surface area (Å²) in [5.74, 6) is 0. The van der Waals surface area contributed by atoms with E-state index >= 15 is 0 Å². The minimum atomic E-state index is 0.591. The van der Waals surface area contributed by atoms with Gasteiger partial charge in [-0.1, -0.05) is 37.4 Å². The third-order valence-corrected chi connectivity index (χ3v) is 1.87. The lowest BCUT2D eigenvalue weighted by Gasteiger charge is -2.07. The van der Waals surface area contributed by atoms with Crippen LogP contribution in [-0.4, -0.2) is 0 Å². The lowest BCUT2D eigenvalue weighted by molar-refractivity contribution is 1.40. The molecule has 1 aromatic carbocycles. The zero-order valence-electron chi connectivity index (χ0n) is 7.30. The Morgan fingerprint density at radius 3 is 2.58 bits per heavy atom. The van der Waals surface area contributed by atoms with E-state index in [9.17, 15) is 0 Å². The van der Waals surface area contributed by atoms with Crippen molar-refractivity contribution in [2.45, 2.75) is 6.92 Å². The van der Waals surface area contributed by atoms with Gasteiger partial charge in [0.25, 0.3) is 0 Å². The van der Waals surface area contributed by atoms with Crippen molar-refractivity contribution in [3.63, 3.8) is 0 Å². The van der Waals surface area contributed by atoms with E-state index in [-0.39, 0.29) is 0 Å². The molecule has 1 heteroatoms. The van der Waals surface area contributed by atoms with E-state index < -0.39 is 0 Å². The Labute approximate surface area is 73.2 Å². The summed E-state index contributed by atoms with van der Waals surface area (Å²) in [5, 5.41) is 0. The molecular weight excluding hydrogens is 146 g/mol. The molecule has 0 saturated carbocycles. The topological polar surface area (TPSA) is 26.0 Å². The first-order valence-electron chi connectivity index (χ1n) is 3.83. The van der Waals surface area contributed by atoms with Gasteiger partial charge in [-0.05, 0) is 18.1 Å². The van der Waals surface area contributed by atoms with Crippen molar-refractivity contribution in [3.05, 3.63) is 48.0 Å². The first kappa shape index (κ1) is 8.60. The van der Waals surface area contributed by atoms with Gasteiger partial charge in [0.05, 0.1) is 0 Å². The Hall–Kier alpha value is -1.50. The van der Waals surface area contributed by atoms with E-state index in [0.29, 0.717) is 5.70 Å². The van der Waals surface area contributed by atoms with Crippen LogP contribution in [0.15, 0.2) is 31.4 Å². The summed E-state index contributed by atoms with van der Waals surface area (Å²) < 4.78 is 0. The molecule has 2 N–H and O–H groups in total. The van der Waals surface area contributed by atoms with Crippen LogP contribution < -0.4 is 5.73 Å². The highest BCUT2D eigenvalue weighted by Gasteiger charge is 2.01. The third-order valence-electron chi connectivity index (χ3n) is 1.87. The van der Waals surface area contributed by atoms with Crippen molar-refractivity contribution in [3.8, 4) is 0 Å². The maximum Gasteiger partial charge on any atom is 0.0320 e. The van der Waals surface area contributed by atoms with Crippen LogP contribution in [0.3, 0.4) is 0 Å². The minimum absolute atomic E-state index is 0.591. The van der Waals surface area contributed by atoms with Gasteiger partial charge in [-0.2, -0.15) is 0 Å². The fraction of sp³-hybridized carbons (Fsp3) is 0.0909. The number of nitrogens with two attached hydrogens (primary N) is 1. The smallest absolute Gasteiger partial charge is 0.0320 e. The summed E-state index contributed by atoms with van der Waals surface area (Å²) in [4.78, 5) is 0. The molecule has 0 aromatic heterocycles. The molecule has 0 spiro atoms. The maximum absolute atomic E-state index is 5.62. The molecule has 0 radical (unpaired) electrons. The summed E-state index contributed by atoms with van der Waals surface area (Å²) in [6, 6.07) is 5.95. The van der Waals surface area contributed by atoms with Gasteiger partial charge in [0.1, 0.15) is 0 Å². The van der Waals surface area contributed by atoms with Gasteiger partial charge >= 0.3 is 0 Å². The van der Waals surface area contributed by atoms with Gasteiger partial charge < -0.3 is 5.73 Å². The van der Waals surface area contributed by atoms with Crippen molar-refractivity contribution >= 4 is 11.8 Å². The Balaban J connectivity index is 3.37. The van der Waals surface area contributed by atoms with E-state index in [1.54, 1.807) is 0 Å². The first-order chi connectivity index (χ1) is 5.66. The zero-order valence-corrected chi connectivity index (χ0v) is 7.30. The molecule has 0 amide bonds. The molecule has 0 fully saturated rings. The molecule has 0 bridgehead atoms. The van der Waals surface area contributed by atoms with Crippen LogP contribution >= 0.6 is 0 Å². The third kappa shape index (κ3) is 1.40. The second kappa shape index (κ2) is 3.26. The molecule has 0 atom stereocenters. The molecule has 1 nitrogen and oxygen atoms in total. The van der Waals surface area contributed by atoms with E-state index in [0.717, 1.165) is 11.1 Å². The fourth-order valence-corrected chi connectivity index (χ4v) is 1.23. The molecule has 1 rings (SSSR count). The largest absolute Gasteiger partial charge is 0.399 e. The number of aryl methyl sites for hydroxylation is 1. The van der Waals surface area contributed by atoms with Gasteiger partial charge in [0.15, 0.2) is 0 Å². The summed E-state index contributed by atoms with van der Waals surface area (Å²) >= 11 is 0. The maximum atomic E-state index is 5.62. The normalized spacial score (nSPS) is 9.42. The lowest BCUT2D eigenvalue weighted by atomic mass is 10.0. The molecule has 0 saturated heterocycles. The summed E-state index contributed by atoms with van der Waals surface area (Å²) in [5.41, 5.74) is 9.43. The highest BCUT2D eigenvalue weighted by atomic mass is 14.6. The SMILES string of the molecule is C=Cc1c(C)cccc1C(=C)N. The van der Waals surface area contributed by atoms with Crippen LogP contribution in [0, 0.1) is 6.92 Å². The van der Waals surface area contributed by atoms with Gasteiger partial charge in [0.2, 0.25) is 0 Å². The second-order valence-corrected chi connectivity index (χ2v) is 2.77. The highest BCUT2D eigenvalue weighted by Crippen LogP contribution is 2.18. The van der Waals surface area contributed by atoms with Crippen LogP contribution in [0.1, 0.15) is 16.7 Å².